The Morgan fingerprint density at radius 1 is 1.07 bits per heavy atom. The highest BCUT2D eigenvalue weighted by atomic mass is 19.1. The summed E-state index contributed by atoms with van der Waals surface area (Å²) >= 11 is 0. The molecule has 0 amide bonds. The van der Waals surface area contributed by atoms with Gasteiger partial charge in [-0.2, -0.15) is 5.26 Å². The first-order chi connectivity index (χ1) is 12.9. The fourth-order valence-corrected chi connectivity index (χ4v) is 3.89. The largest absolute Gasteiger partial charge is 0.299 e. The summed E-state index contributed by atoms with van der Waals surface area (Å²) < 4.78 is 13.4. The molecule has 0 aliphatic carbocycles. The van der Waals surface area contributed by atoms with E-state index in [2.05, 4.69) is 63.1 Å². The minimum absolute atomic E-state index is 0.157. The second-order valence-electron chi connectivity index (χ2n) is 7.75. The molecule has 0 N–H and O–H groups in total. The van der Waals surface area contributed by atoms with Crippen molar-refractivity contribution in [3.63, 3.8) is 0 Å². The van der Waals surface area contributed by atoms with Gasteiger partial charge < -0.3 is 0 Å². The maximum absolute atomic E-state index is 13.4. The van der Waals surface area contributed by atoms with Crippen molar-refractivity contribution < 1.29 is 4.39 Å². The fraction of sp³-hybridized carbons (Fsp3) is 0.458. The molecule has 2 rings (SSSR count). The summed E-state index contributed by atoms with van der Waals surface area (Å²) in [5.74, 6) is -0.103. The number of nitriles is 1. The molecule has 0 saturated heterocycles. The number of benzene rings is 2. The van der Waals surface area contributed by atoms with Crippen molar-refractivity contribution in [2.75, 3.05) is 7.05 Å². The molecule has 0 aromatic heterocycles. The molecule has 2 aromatic rings. The van der Waals surface area contributed by atoms with Gasteiger partial charge in [-0.1, -0.05) is 63.2 Å². The zero-order chi connectivity index (χ0) is 19.9. The Balaban J connectivity index is 2.14. The SMILES string of the molecule is CCC(CCC(C#N)(c1ccc(F)cc1)C(C)C)N(C)Cc1ccccc1. The molecular weight excluding hydrogens is 335 g/mol. The van der Waals surface area contributed by atoms with Crippen molar-refractivity contribution in [1.29, 1.82) is 5.26 Å². The topological polar surface area (TPSA) is 27.0 Å². The lowest BCUT2D eigenvalue weighted by molar-refractivity contribution is 0.197. The third-order valence-electron chi connectivity index (χ3n) is 5.79. The Hall–Kier alpha value is -2.18. The molecule has 0 spiro atoms. The zero-order valence-corrected chi connectivity index (χ0v) is 17.0. The van der Waals surface area contributed by atoms with Gasteiger partial charge in [0.05, 0.1) is 11.5 Å². The van der Waals surface area contributed by atoms with E-state index in [1.807, 2.05) is 6.07 Å². The van der Waals surface area contributed by atoms with E-state index in [-0.39, 0.29) is 11.7 Å². The van der Waals surface area contributed by atoms with Crippen LogP contribution in [0.3, 0.4) is 0 Å². The molecule has 27 heavy (non-hydrogen) atoms. The second kappa shape index (κ2) is 9.67. The van der Waals surface area contributed by atoms with Crippen LogP contribution < -0.4 is 0 Å². The average Bonchev–Trinajstić information content (AvgIpc) is 2.67. The van der Waals surface area contributed by atoms with Gasteiger partial charge in [-0.15, -0.1) is 0 Å². The molecular formula is C24H31FN2. The molecule has 0 fully saturated rings. The smallest absolute Gasteiger partial charge is 0.123 e. The molecule has 2 unspecified atom stereocenters. The van der Waals surface area contributed by atoms with Crippen LogP contribution in [0.4, 0.5) is 4.39 Å². The summed E-state index contributed by atoms with van der Waals surface area (Å²) in [6.45, 7) is 7.27. The summed E-state index contributed by atoms with van der Waals surface area (Å²) in [5.41, 5.74) is 1.63. The predicted molar refractivity (Wildman–Crippen MR) is 110 cm³/mol. The van der Waals surface area contributed by atoms with E-state index in [1.54, 1.807) is 12.1 Å². The second-order valence-corrected chi connectivity index (χ2v) is 7.75. The van der Waals surface area contributed by atoms with Gasteiger partial charge in [0, 0.05) is 12.6 Å². The Morgan fingerprint density at radius 2 is 1.70 bits per heavy atom. The van der Waals surface area contributed by atoms with Crippen LogP contribution in [0.2, 0.25) is 0 Å². The van der Waals surface area contributed by atoms with E-state index in [0.717, 1.165) is 31.4 Å². The van der Waals surface area contributed by atoms with Gasteiger partial charge in [-0.3, -0.25) is 4.90 Å². The van der Waals surface area contributed by atoms with Crippen LogP contribution in [0, 0.1) is 23.1 Å². The lowest BCUT2D eigenvalue weighted by Gasteiger charge is -2.35. The molecule has 0 heterocycles. The number of rotatable bonds is 9. The lowest BCUT2D eigenvalue weighted by Crippen LogP contribution is -2.36. The molecule has 0 aliphatic heterocycles. The first-order valence-corrected chi connectivity index (χ1v) is 9.84. The first-order valence-electron chi connectivity index (χ1n) is 9.84. The molecule has 144 valence electrons. The fourth-order valence-electron chi connectivity index (χ4n) is 3.89. The van der Waals surface area contributed by atoms with Crippen molar-refractivity contribution >= 4 is 0 Å². The van der Waals surface area contributed by atoms with Gasteiger partial charge in [-0.25, -0.2) is 4.39 Å². The van der Waals surface area contributed by atoms with Gasteiger partial charge in [0.15, 0.2) is 0 Å². The van der Waals surface area contributed by atoms with Crippen LogP contribution in [-0.4, -0.2) is 18.0 Å². The van der Waals surface area contributed by atoms with Crippen LogP contribution in [0.5, 0.6) is 0 Å². The van der Waals surface area contributed by atoms with Crippen LogP contribution in [0.25, 0.3) is 0 Å². The minimum Gasteiger partial charge on any atom is -0.299 e. The van der Waals surface area contributed by atoms with Crippen LogP contribution >= 0.6 is 0 Å². The van der Waals surface area contributed by atoms with Crippen molar-refractivity contribution in [1.82, 2.24) is 4.90 Å². The van der Waals surface area contributed by atoms with E-state index >= 15 is 0 Å². The highest BCUT2D eigenvalue weighted by molar-refractivity contribution is 5.33. The molecule has 2 atom stereocenters. The molecule has 0 radical (unpaired) electrons. The summed E-state index contributed by atoms with van der Waals surface area (Å²) in [7, 11) is 2.16. The first kappa shape index (κ1) is 21.1. The maximum Gasteiger partial charge on any atom is 0.123 e. The number of halogens is 1. The predicted octanol–water partition coefficient (Wildman–Crippen LogP) is 5.93. The van der Waals surface area contributed by atoms with E-state index in [1.165, 1.54) is 17.7 Å². The summed E-state index contributed by atoms with van der Waals surface area (Å²) in [4.78, 5) is 2.38. The van der Waals surface area contributed by atoms with E-state index in [4.69, 9.17) is 0 Å². The molecule has 3 heteroatoms. The zero-order valence-electron chi connectivity index (χ0n) is 17.0. The summed E-state index contributed by atoms with van der Waals surface area (Å²) in [6.07, 6.45) is 2.74. The number of hydrogen-bond donors (Lipinski definition) is 0. The van der Waals surface area contributed by atoms with Crippen molar-refractivity contribution in [2.45, 2.75) is 58.0 Å². The van der Waals surface area contributed by atoms with Gasteiger partial charge in [-0.05, 0) is 55.5 Å². The van der Waals surface area contributed by atoms with Crippen molar-refractivity contribution in [3.05, 3.63) is 71.5 Å². The molecule has 2 nitrogen and oxygen atoms in total. The van der Waals surface area contributed by atoms with E-state index in [9.17, 15) is 9.65 Å². The quantitative estimate of drug-likeness (QED) is 0.549. The van der Waals surface area contributed by atoms with E-state index < -0.39 is 5.41 Å². The monoisotopic (exact) mass is 366 g/mol. The van der Waals surface area contributed by atoms with Crippen molar-refractivity contribution in [3.8, 4) is 6.07 Å². The third kappa shape index (κ3) is 5.17. The third-order valence-corrected chi connectivity index (χ3v) is 5.79. The Morgan fingerprint density at radius 3 is 2.22 bits per heavy atom. The number of nitrogens with zero attached hydrogens (tertiary/aromatic N) is 2. The summed E-state index contributed by atoms with van der Waals surface area (Å²) in [5, 5.41) is 10.1. The van der Waals surface area contributed by atoms with Crippen LogP contribution in [0.15, 0.2) is 54.6 Å². The Kier molecular flexibility index (Phi) is 7.56. The highest BCUT2D eigenvalue weighted by Gasteiger charge is 2.36. The van der Waals surface area contributed by atoms with Crippen molar-refractivity contribution in [2.24, 2.45) is 5.92 Å². The Labute approximate surface area is 163 Å². The van der Waals surface area contributed by atoms with Gasteiger partial charge in [0.1, 0.15) is 5.82 Å². The van der Waals surface area contributed by atoms with Gasteiger partial charge >= 0.3 is 0 Å². The maximum atomic E-state index is 13.4. The molecule has 0 bridgehead atoms. The number of hydrogen-bond acceptors (Lipinski definition) is 2. The average molecular weight is 367 g/mol. The minimum atomic E-state index is -0.589. The van der Waals surface area contributed by atoms with Gasteiger partial charge in [0.25, 0.3) is 0 Å². The summed E-state index contributed by atoms with van der Waals surface area (Å²) in [6, 6.07) is 19.9. The van der Waals surface area contributed by atoms with Crippen LogP contribution in [-0.2, 0) is 12.0 Å². The normalized spacial score (nSPS) is 14.7. The molecule has 0 saturated carbocycles. The molecule has 0 aliphatic rings. The Bertz CT molecular complexity index is 733. The standard InChI is InChI=1S/C24H31FN2/c1-5-23(27(4)17-20-9-7-6-8-10-20)15-16-24(18-26,19(2)3)21-11-13-22(25)14-12-21/h6-14,19,23H,5,15-17H2,1-4H3. The molecule has 2 aromatic carbocycles. The lowest BCUT2D eigenvalue weighted by atomic mass is 9.69. The van der Waals surface area contributed by atoms with Gasteiger partial charge in [0.2, 0.25) is 0 Å². The van der Waals surface area contributed by atoms with Crippen LogP contribution in [0.1, 0.15) is 51.2 Å². The van der Waals surface area contributed by atoms with E-state index in [0.29, 0.717) is 6.04 Å². The highest BCUT2D eigenvalue weighted by Crippen LogP contribution is 2.37.